The first-order chi connectivity index (χ1) is 11.7. The molecule has 0 aliphatic heterocycles. The van der Waals surface area contributed by atoms with E-state index in [1.165, 1.54) is 12.1 Å². The Hall–Kier alpha value is -3.31. The van der Waals surface area contributed by atoms with Crippen LogP contribution in [-0.4, -0.2) is 12.6 Å². The van der Waals surface area contributed by atoms with Crippen LogP contribution in [0.5, 0.6) is 0 Å². The molecule has 0 aliphatic carbocycles. The average Bonchev–Trinajstić information content (AvgIpc) is 2.60. The smallest absolute Gasteiger partial charge is 0.408 e. The lowest BCUT2D eigenvalue weighted by atomic mass is 10.1. The third-order valence-corrected chi connectivity index (χ3v) is 3.09. The number of amides is 1. The van der Waals surface area contributed by atoms with Gasteiger partial charge in [0.1, 0.15) is 12.4 Å². The molecule has 0 atom stereocenters. The van der Waals surface area contributed by atoms with E-state index < -0.39 is 11.9 Å². The Kier molecular flexibility index (Phi) is 6.37. The second-order valence-corrected chi connectivity index (χ2v) is 4.86. The highest BCUT2D eigenvalue weighted by atomic mass is 19.1. The van der Waals surface area contributed by atoms with Crippen molar-refractivity contribution in [2.45, 2.75) is 13.0 Å². The molecule has 0 aliphatic rings. The molecule has 4 nitrogen and oxygen atoms in total. The Balaban J connectivity index is 1.78. The molecule has 0 saturated carbocycles. The summed E-state index contributed by atoms with van der Waals surface area (Å²) < 4.78 is 18.7. The first-order valence-corrected chi connectivity index (χ1v) is 7.28. The van der Waals surface area contributed by atoms with Gasteiger partial charge in [-0.25, -0.2) is 9.18 Å². The van der Waals surface area contributed by atoms with E-state index in [1.54, 1.807) is 6.07 Å². The zero-order chi connectivity index (χ0) is 17.2. The van der Waals surface area contributed by atoms with Crippen molar-refractivity contribution < 1.29 is 13.9 Å². The highest BCUT2D eigenvalue weighted by molar-refractivity contribution is 5.67. The highest BCUT2D eigenvalue weighted by Gasteiger charge is 2.02. The molecule has 0 unspecified atom stereocenters. The van der Waals surface area contributed by atoms with Crippen molar-refractivity contribution >= 4 is 6.09 Å². The predicted molar refractivity (Wildman–Crippen MR) is 87.2 cm³/mol. The number of nitrogens with one attached hydrogen (secondary N) is 1. The summed E-state index contributed by atoms with van der Waals surface area (Å²) in [6, 6.07) is 15.7. The largest absolute Gasteiger partial charge is 0.445 e. The fourth-order valence-corrected chi connectivity index (χ4v) is 1.89. The number of carbonyl (C=O) groups excluding carboxylic acids is 1. The Morgan fingerprint density at radius 3 is 2.71 bits per heavy atom. The van der Waals surface area contributed by atoms with Gasteiger partial charge in [0.05, 0.1) is 19.0 Å². The van der Waals surface area contributed by atoms with Gasteiger partial charge in [-0.1, -0.05) is 48.2 Å². The third-order valence-electron chi connectivity index (χ3n) is 3.09. The van der Waals surface area contributed by atoms with Crippen LogP contribution in [0.3, 0.4) is 0 Å². The van der Waals surface area contributed by atoms with Crippen LogP contribution in [-0.2, 0) is 17.8 Å². The molecule has 24 heavy (non-hydrogen) atoms. The van der Waals surface area contributed by atoms with Crippen molar-refractivity contribution in [2.24, 2.45) is 0 Å². The van der Waals surface area contributed by atoms with Crippen molar-refractivity contribution in [1.82, 2.24) is 5.32 Å². The second-order valence-electron chi connectivity index (χ2n) is 4.86. The summed E-state index contributed by atoms with van der Waals surface area (Å²) in [5, 5.41) is 11.1. The van der Waals surface area contributed by atoms with Crippen molar-refractivity contribution in [2.75, 3.05) is 6.54 Å². The van der Waals surface area contributed by atoms with Gasteiger partial charge in [0.2, 0.25) is 0 Å². The van der Waals surface area contributed by atoms with Gasteiger partial charge in [-0.15, -0.1) is 0 Å². The number of hydrogen-bond donors (Lipinski definition) is 1. The fourth-order valence-electron chi connectivity index (χ4n) is 1.89. The summed E-state index contributed by atoms with van der Waals surface area (Å²) in [7, 11) is 0. The van der Waals surface area contributed by atoms with Gasteiger partial charge in [-0.3, -0.25) is 0 Å². The van der Waals surface area contributed by atoms with Crippen molar-refractivity contribution in [3.8, 4) is 17.9 Å². The first kappa shape index (κ1) is 17.1. The van der Waals surface area contributed by atoms with Gasteiger partial charge in [0, 0.05) is 11.1 Å². The van der Waals surface area contributed by atoms with Gasteiger partial charge in [-0.05, 0) is 17.7 Å². The SMILES string of the molecule is N#CCc1ccc(C#CCNC(=O)OCc2ccccc2)cc1F. The minimum atomic E-state index is -0.566. The number of ether oxygens (including phenoxy) is 1. The minimum Gasteiger partial charge on any atom is -0.445 e. The molecule has 1 N–H and O–H groups in total. The fraction of sp³-hybridized carbons (Fsp3) is 0.158. The van der Waals surface area contributed by atoms with Crippen molar-refractivity contribution in [3.05, 3.63) is 71.0 Å². The molecular weight excluding hydrogens is 307 g/mol. The standard InChI is InChI=1S/C19H15FN2O2/c20-18-13-15(8-9-17(18)10-11-21)7-4-12-22-19(23)24-14-16-5-2-1-3-6-16/h1-3,5-6,8-9,13H,10,12,14H2,(H,22,23). The highest BCUT2D eigenvalue weighted by Crippen LogP contribution is 2.10. The molecule has 0 fully saturated rings. The van der Waals surface area contributed by atoms with E-state index in [4.69, 9.17) is 10.00 Å². The van der Waals surface area contributed by atoms with E-state index in [9.17, 15) is 9.18 Å². The minimum absolute atomic E-state index is 0.0222. The van der Waals surface area contributed by atoms with Crippen LogP contribution >= 0.6 is 0 Å². The lowest BCUT2D eigenvalue weighted by Crippen LogP contribution is -2.24. The van der Waals surface area contributed by atoms with Crippen molar-refractivity contribution in [1.29, 1.82) is 5.26 Å². The van der Waals surface area contributed by atoms with E-state index in [2.05, 4.69) is 17.2 Å². The van der Waals surface area contributed by atoms with Crippen LogP contribution in [0.25, 0.3) is 0 Å². The van der Waals surface area contributed by atoms with Crippen LogP contribution in [0.2, 0.25) is 0 Å². The number of halogens is 1. The quantitative estimate of drug-likeness (QED) is 0.880. The molecule has 2 aromatic carbocycles. The van der Waals surface area contributed by atoms with Crippen LogP contribution in [0.1, 0.15) is 16.7 Å². The monoisotopic (exact) mass is 322 g/mol. The summed E-state index contributed by atoms with van der Waals surface area (Å²) in [6.07, 6.45) is -0.544. The lowest BCUT2D eigenvalue weighted by Gasteiger charge is -2.04. The molecule has 0 bridgehead atoms. The topological polar surface area (TPSA) is 62.1 Å². The summed E-state index contributed by atoms with van der Waals surface area (Å²) >= 11 is 0. The van der Waals surface area contributed by atoms with E-state index in [1.807, 2.05) is 36.4 Å². The Bertz CT molecular complexity index is 802. The number of hydrogen-bond acceptors (Lipinski definition) is 3. The molecule has 0 radical (unpaired) electrons. The van der Waals surface area contributed by atoms with E-state index >= 15 is 0 Å². The number of nitriles is 1. The van der Waals surface area contributed by atoms with Crippen LogP contribution in [0.15, 0.2) is 48.5 Å². The number of nitrogens with zero attached hydrogens (tertiary/aromatic N) is 1. The zero-order valence-electron chi connectivity index (χ0n) is 12.9. The van der Waals surface area contributed by atoms with Crippen LogP contribution in [0, 0.1) is 29.0 Å². The predicted octanol–water partition coefficient (Wildman–Crippen LogP) is 3.17. The molecule has 0 spiro atoms. The Morgan fingerprint density at radius 1 is 1.21 bits per heavy atom. The second kappa shape index (κ2) is 8.97. The Morgan fingerprint density at radius 2 is 2.00 bits per heavy atom. The molecule has 0 heterocycles. The van der Waals surface area contributed by atoms with Gasteiger partial charge in [0.25, 0.3) is 0 Å². The molecule has 0 saturated heterocycles. The van der Waals surface area contributed by atoms with Gasteiger partial charge in [0.15, 0.2) is 0 Å². The molecule has 120 valence electrons. The summed E-state index contributed by atoms with van der Waals surface area (Å²) in [4.78, 5) is 11.5. The molecular formula is C19H15FN2O2. The number of benzene rings is 2. The molecule has 0 aromatic heterocycles. The number of alkyl carbamates (subject to hydrolysis) is 1. The van der Waals surface area contributed by atoms with Crippen LogP contribution < -0.4 is 5.32 Å². The molecule has 1 amide bonds. The van der Waals surface area contributed by atoms with E-state index in [-0.39, 0.29) is 19.6 Å². The van der Waals surface area contributed by atoms with Gasteiger partial charge >= 0.3 is 6.09 Å². The normalized spacial score (nSPS) is 9.33. The van der Waals surface area contributed by atoms with Crippen LogP contribution in [0.4, 0.5) is 9.18 Å². The van der Waals surface area contributed by atoms with E-state index in [0.29, 0.717) is 11.1 Å². The average molecular weight is 322 g/mol. The lowest BCUT2D eigenvalue weighted by molar-refractivity contribution is 0.141. The zero-order valence-corrected chi connectivity index (χ0v) is 12.9. The third kappa shape index (κ3) is 5.47. The Labute approximate surface area is 139 Å². The summed E-state index contributed by atoms with van der Waals surface area (Å²) in [5.74, 6) is 5.00. The van der Waals surface area contributed by atoms with Gasteiger partial charge in [-0.2, -0.15) is 5.26 Å². The maximum absolute atomic E-state index is 13.6. The van der Waals surface area contributed by atoms with Crippen molar-refractivity contribution in [3.63, 3.8) is 0 Å². The number of rotatable bonds is 4. The first-order valence-electron chi connectivity index (χ1n) is 7.28. The molecule has 2 aromatic rings. The molecule has 5 heteroatoms. The summed E-state index contributed by atoms with van der Waals surface area (Å²) in [5.41, 5.74) is 1.71. The maximum Gasteiger partial charge on any atom is 0.408 e. The van der Waals surface area contributed by atoms with E-state index in [0.717, 1.165) is 5.56 Å². The molecule has 2 rings (SSSR count). The van der Waals surface area contributed by atoms with Gasteiger partial charge < -0.3 is 10.1 Å². The summed E-state index contributed by atoms with van der Waals surface area (Å²) in [6.45, 7) is 0.279. The maximum atomic E-state index is 13.6. The number of carbonyl (C=O) groups is 1.